The Kier molecular flexibility index (Phi) is 4.20. The third-order valence-electron chi connectivity index (χ3n) is 4.60. The molecule has 0 N–H and O–H groups in total. The van der Waals surface area contributed by atoms with E-state index in [-0.39, 0.29) is 0 Å². The Labute approximate surface area is 106 Å². The molecule has 2 aliphatic rings. The standard InChI is InChI=1S/C13H26N2S/c1-12-9-15(8-7-14(12)2)10-13(11-16)5-3-4-6-13/h12,16H,3-11H2,1-2H3. The maximum absolute atomic E-state index is 4.60. The second-order valence-corrected chi connectivity index (χ2v) is 6.25. The number of rotatable bonds is 3. The van der Waals surface area contributed by atoms with Crippen molar-refractivity contribution in [3.63, 3.8) is 0 Å². The second kappa shape index (κ2) is 5.28. The highest BCUT2D eigenvalue weighted by molar-refractivity contribution is 7.80. The summed E-state index contributed by atoms with van der Waals surface area (Å²) in [6.07, 6.45) is 5.64. The predicted molar refractivity (Wildman–Crippen MR) is 73.3 cm³/mol. The van der Waals surface area contributed by atoms with Crippen molar-refractivity contribution >= 4 is 12.6 Å². The first-order valence-electron chi connectivity index (χ1n) is 6.69. The van der Waals surface area contributed by atoms with Gasteiger partial charge >= 0.3 is 0 Å². The molecule has 0 aromatic rings. The van der Waals surface area contributed by atoms with Crippen molar-refractivity contribution < 1.29 is 0 Å². The number of nitrogens with zero attached hydrogens (tertiary/aromatic N) is 2. The van der Waals surface area contributed by atoms with Gasteiger partial charge in [0.2, 0.25) is 0 Å². The van der Waals surface area contributed by atoms with Crippen LogP contribution in [-0.4, -0.2) is 54.8 Å². The Balaban J connectivity index is 1.89. The Bertz CT molecular complexity index is 226. The van der Waals surface area contributed by atoms with Crippen LogP contribution >= 0.6 is 12.6 Å². The number of likely N-dealkylation sites (N-methyl/N-ethyl adjacent to an activating group) is 1. The van der Waals surface area contributed by atoms with Gasteiger partial charge in [-0.2, -0.15) is 12.6 Å². The Hall–Kier alpha value is 0.270. The van der Waals surface area contributed by atoms with E-state index in [1.165, 1.54) is 51.9 Å². The van der Waals surface area contributed by atoms with E-state index >= 15 is 0 Å². The summed E-state index contributed by atoms with van der Waals surface area (Å²) in [6.45, 7) is 7.34. The lowest BCUT2D eigenvalue weighted by Gasteiger charge is -2.42. The first kappa shape index (κ1) is 12.7. The summed E-state index contributed by atoms with van der Waals surface area (Å²) in [5, 5.41) is 0. The summed E-state index contributed by atoms with van der Waals surface area (Å²) in [5.74, 6) is 1.08. The number of hydrogen-bond acceptors (Lipinski definition) is 3. The summed E-state index contributed by atoms with van der Waals surface area (Å²) in [6, 6.07) is 0.715. The van der Waals surface area contributed by atoms with Crippen LogP contribution in [0.25, 0.3) is 0 Å². The Morgan fingerprint density at radius 3 is 2.50 bits per heavy atom. The maximum atomic E-state index is 4.60. The van der Waals surface area contributed by atoms with E-state index in [1.807, 2.05) is 0 Å². The molecule has 0 bridgehead atoms. The number of piperazine rings is 1. The summed E-state index contributed by atoms with van der Waals surface area (Å²) in [7, 11) is 2.24. The molecule has 2 rings (SSSR count). The molecule has 16 heavy (non-hydrogen) atoms. The minimum atomic E-state index is 0.540. The monoisotopic (exact) mass is 242 g/mol. The average molecular weight is 242 g/mol. The largest absolute Gasteiger partial charge is 0.301 e. The molecular formula is C13H26N2S. The summed E-state index contributed by atoms with van der Waals surface area (Å²) >= 11 is 4.60. The van der Waals surface area contributed by atoms with Gasteiger partial charge in [0.05, 0.1) is 0 Å². The smallest absolute Gasteiger partial charge is 0.0192 e. The van der Waals surface area contributed by atoms with Gasteiger partial charge in [0.15, 0.2) is 0 Å². The normalized spacial score (nSPS) is 32.1. The molecule has 2 nitrogen and oxygen atoms in total. The van der Waals surface area contributed by atoms with Crippen molar-refractivity contribution in [2.45, 2.75) is 38.6 Å². The van der Waals surface area contributed by atoms with Crippen LogP contribution in [0.4, 0.5) is 0 Å². The fourth-order valence-electron chi connectivity index (χ4n) is 3.23. The topological polar surface area (TPSA) is 6.48 Å². The Morgan fingerprint density at radius 1 is 1.25 bits per heavy atom. The van der Waals surface area contributed by atoms with E-state index in [4.69, 9.17) is 0 Å². The lowest BCUT2D eigenvalue weighted by Crippen LogP contribution is -2.52. The molecule has 2 fully saturated rings. The minimum Gasteiger partial charge on any atom is -0.301 e. The van der Waals surface area contributed by atoms with E-state index in [1.54, 1.807) is 0 Å². The molecule has 3 heteroatoms. The molecule has 0 aromatic heterocycles. The van der Waals surface area contributed by atoms with E-state index in [0.29, 0.717) is 11.5 Å². The van der Waals surface area contributed by atoms with E-state index in [2.05, 4.69) is 36.4 Å². The zero-order valence-electron chi connectivity index (χ0n) is 10.8. The zero-order valence-corrected chi connectivity index (χ0v) is 11.7. The molecule has 1 saturated carbocycles. The van der Waals surface area contributed by atoms with Crippen LogP contribution in [0.15, 0.2) is 0 Å². The average Bonchev–Trinajstić information content (AvgIpc) is 2.73. The first-order valence-corrected chi connectivity index (χ1v) is 7.32. The van der Waals surface area contributed by atoms with E-state index in [0.717, 1.165) is 5.75 Å². The molecular weight excluding hydrogens is 216 g/mol. The van der Waals surface area contributed by atoms with Crippen molar-refractivity contribution in [2.24, 2.45) is 5.41 Å². The molecule has 1 atom stereocenters. The van der Waals surface area contributed by atoms with Crippen LogP contribution < -0.4 is 0 Å². The van der Waals surface area contributed by atoms with Gasteiger partial charge in [-0.25, -0.2) is 0 Å². The van der Waals surface area contributed by atoms with Gasteiger partial charge in [-0.1, -0.05) is 12.8 Å². The van der Waals surface area contributed by atoms with Gasteiger partial charge in [-0.3, -0.25) is 4.90 Å². The Morgan fingerprint density at radius 2 is 1.94 bits per heavy atom. The molecule has 0 amide bonds. The first-order chi connectivity index (χ1) is 7.65. The lowest BCUT2D eigenvalue weighted by molar-refractivity contribution is 0.0730. The van der Waals surface area contributed by atoms with Crippen molar-refractivity contribution in [2.75, 3.05) is 39.0 Å². The second-order valence-electron chi connectivity index (χ2n) is 5.93. The van der Waals surface area contributed by atoms with Crippen LogP contribution in [0.3, 0.4) is 0 Å². The molecule has 1 aliphatic carbocycles. The van der Waals surface area contributed by atoms with Crippen LogP contribution in [0, 0.1) is 5.41 Å². The van der Waals surface area contributed by atoms with Crippen LogP contribution in [0.2, 0.25) is 0 Å². The molecule has 1 unspecified atom stereocenters. The number of thiol groups is 1. The summed E-state index contributed by atoms with van der Waals surface area (Å²) in [4.78, 5) is 5.14. The van der Waals surface area contributed by atoms with Crippen molar-refractivity contribution in [3.8, 4) is 0 Å². The van der Waals surface area contributed by atoms with Gasteiger partial charge in [0.25, 0.3) is 0 Å². The fraction of sp³-hybridized carbons (Fsp3) is 1.00. The molecule has 0 aromatic carbocycles. The SMILES string of the molecule is CC1CN(CC2(CS)CCCC2)CCN1C. The molecule has 94 valence electrons. The lowest BCUT2D eigenvalue weighted by atomic mass is 9.87. The molecule has 0 radical (unpaired) electrons. The third kappa shape index (κ3) is 2.74. The highest BCUT2D eigenvalue weighted by Gasteiger charge is 2.35. The number of hydrogen-bond donors (Lipinski definition) is 1. The van der Waals surface area contributed by atoms with Crippen LogP contribution in [0.5, 0.6) is 0 Å². The van der Waals surface area contributed by atoms with Gasteiger partial charge in [0.1, 0.15) is 0 Å². The van der Waals surface area contributed by atoms with E-state index < -0.39 is 0 Å². The highest BCUT2D eigenvalue weighted by atomic mass is 32.1. The van der Waals surface area contributed by atoms with Gasteiger partial charge in [-0.05, 0) is 38.0 Å². The fourth-order valence-corrected chi connectivity index (χ4v) is 3.65. The molecule has 1 aliphatic heterocycles. The third-order valence-corrected chi connectivity index (χ3v) is 5.27. The van der Waals surface area contributed by atoms with Crippen molar-refractivity contribution in [3.05, 3.63) is 0 Å². The zero-order chi connectivity index (χ0) is 11.6. The maximum Gasteiger partial charge on any atom is 0.0192 e. The molecule has 1 heterocycles. The summed E-state index contributed by atoms with van der Waals surface area (Å²) in [5.41, 5.74) is 0.540. The quantitative estimate of drug-likeness (QED) is 0.757. The highest BCUT2D eigenvalue weighted by Crippen LogP contribution is 2.39. The summed E-state index contributed by atoms with van der Waals surface area (Å²) < 4.78 is 0. The van der Waals surface area contributed by atoms with Gasteiger partial charge in [0, 0.05) is 32.2 Å². The van der Waals surface area contributed by atoms with Crippen LogP contribution in [0.1, 0.15) is 32.6 Å². The molecule has 0 spiro atoms. The van der Waals surface area contributed by atoms with Gasteiger partial charge < -0.3 is 4.90 Å². The molecule has 1 saturated heterocycles. The van der Waals surface area contributed by atoms with Gasteiger partial charge in [-0.15, -0.1) is 0 Å². The van der Waals surface area contributed by atoms with Crippen molar-refractivity contribution in [1.29, 1.82) is 0 Å². The van der Waals surface area contributed by atoms with Crippen LogP contribution in [-0.2, 0) is 0 Å². The van der Waals surface area contributed by atoms with Crippen molar-refractivity contribution in [1.82, 2.24) is 9.80 Å². The minimum absolute atomic E-state index is 0.540. The van der Waals surface area contributed by atoms with E-state index in [9.17, 15) is 0 Å². The predicted octanol–water partition coefficient (Wildman–Crippen LogP) is 2.11.